The maximum atomic E-state index is 13.7. The molecule has 2 aromatic rings. The number of Topliss-reactive ketones (excluding diaryl/α,β-unsaturated/α-hetero) is 1. The zero-order chi connectivity index (χ0) is 31.1. The quantitative estimate of drug-likeness (QED) is 0.261. The highest BCUT2D eigenvalue weighted by molar-refractivity contribution is 5.98. The number of ether oxygens (including phenoxy) is 3. The van der Waals surface area contributed by atoms with Crippen LogP contribution in [0.3, 0.4) is 0 Å². The predicted molar refractivity (Wildman–Crippen MR) is 155 cm³/mol. The second-order valence-corrected chi connectivity index (χ2v) is 11.6. The number of benzene rings is 2. The van der Waals surface area contributed by atoms with Crippen molar-refractivity contribution in [2.45, 2.75) is 82.9 Å². The van der Waals surface area contributed by atoms with Crippen molar-refractivity contribution in [3.8, 4) is 5.75 Å². The molecule has 0 radical (unpaired) electrons. The topological polar surface area (TPSA) is 156 Å². The highest BCUT2D eigenvalue weighted by Gasteiger charge is 2.50. The molecule has 0 spiro atoms. The molecule has 2 aromatic carbocycles. The minimum absolute atomic E-state index is 0.0561. The Hall–Kier alpha value is -3.96. The summed E-state index contributed by atoms with van der Waals surface area (Å²) >= 11 is 0. The number of alkyl carbamates (subject to hydrolysis) is 1. The normalized spacial score (nSPS) is 18.9. The Bertz CT molecular complexity index is 1240. The Labute approximate surface area is 246 Å². The number of carbonyl (C=O) groups is 4. The lowest BCUT2D eigenvalue weighted by atomic mass is 9.94. The van der Waals surface area contributed by atoms with Gasteiger partial charge in [0.25, 0.3) is 0 Å². The fraction of sp³-hybridized carbons (Fsp3) is 0.484. The molecule has 1 aliphatic rings. The number of methoxy groups -OCH3 is 1. The molecule has 3 rings (SSSR count). The van der Waals surface area contributed by atoms with Crippen LogP contribution >= 0.6 is 0 Å². The number of rotatable bonds is 13. The van der Waals surface area contributed by atoms with Crippen LogP contribution in [0.1, 0.15) is 45.7 Å². The van der Waals surface area contributed by atoms with Gasteiger partial charge in [-0.05, 0) is 64.3 Å². The van der Waals surface area contributed by atoms with E-state index in [0.717, 1.165) is 5.56 Å². The van der Waals surface area contributed by atoms with Gasteiger partial charge in [0.2, 0.25) is 11.8 Å². The largest absolute Gasteiger partial charge is 0.497 e. The highest BCUT2D eigenvalue weighted by atomic mass is 16.6. The average molecular weight is 584 g/mol. The van der Waals surface area contributed by atoms with Gasteiger partial charge in [-0.2, -0.15) is 0 Å². The van der Waals surface area contributed by atoms with Crippen LogP contribution in [0.25, 0.3) is 0 Å². The van der Waals surface area contributed by atoms with E-state index < -0.39 is 53.3 Å². The molecule has 1 fully saturated rings. The Morgan fingerprint density at radius 1 is 0.905 bits per heavy atom. The van der Waals surface area contributed by atoms with Crippen molar-refractivity contribution in [2.24, 2.45) is 0 Å². The van der Waals surface area contributed by atoms with Gasteiger partial charge in [-0.1, -0.05) is 42.5 Å². The summed E-state index contributed by atoms with van der Waals surface area (Å²) in [7, 11) is 1.54. The van der Waals surface area contributed by atoms with E-state index in [-0.39, 0.29) is 25.2 Å². The third-order valence-corrected chi connectivity index (χ3v) is 6.68. The van der Waals surface area contributed by atoms with Crippen molar-refractivity contribution in [1.29, 1.82) is 0 Å². The first-order valence-corrected chi connectivity index (χ1v) is 13.8. The molecule has 0 aliphatic carbocycles. The molecule has 4 N–H and O–H groups in total. The van der Waals surface area contributed by atoms with E-state index in [0.29, 0.717) is 11.3 Å². The van der Waals surface area contributed by atoms with Gasteiger partial charge >= 0.3 is 6.09 Å². The van der Waals surface area contributed by atoms with Gasteiger partial charge in [-0.25, -0.2) is 4.79 Å². The number of epoxide rings is 1. The van der Waals surface area contributed by atoms with Crippen molar-refractivity contribution < 1.29 is 38.5 Å². The first kappa shape index (κ1) is 32.6. The van der Waals surface area contributed by atoms with Gasteiger partial charge in [0, 0.05) is 6.42 Å². The summed E-state index contributed by atoms with van der Waals surface area (Å²) in [5, 5.41) is 18.1. The Kier molecular flexibility index (Phi) is 10.7. The number of aliphatic hydroxyl groups is 1. The molecule has 11 nitrogen and oxygen atoms in total. The van der Waals surface area contributed by atoms with Crippen LogP contribution in [0.5, 0.6) is 5.75 Å². The molecular formula is C31H41N3O8. The van der Waals surface area contributed by atoms with Crippen molar-refractivity contribution in [3.63, 3.8) is 0 Å². The molecule has 1 aliphatic heterocycles. The molecule has 42 heavy (non-hydrogen) atoms. The minimum atomic E-state index is -1.41. The molecule has 0 unspecified atom stereocenters. The summed E-state index contributed by atoms with van der Waals surface area (Å²) in [4.78, 5) is 52.8. The summed E-state index contributed by atoms with van der Waals surface area (Å²) < 4.78 is 15.8. The highest BCUT2D eigenvalue weighted by Crippen LogP contribution is 2.29. The molecule has 0 bridgehead atoms. The molecule has 5 atom stereocenters. The zero-order valence-electron chi connectivity index (χ0n) is 24.9. The molecular weight excluding hydrogens is 542 g/mol. The van der Waals surface area contributed by atoms with Crippen LogP contribution < -0.4 is 20.7 Å². The van der Waals surface area contributed by atoms with Gasteiger partial charge in [0.05, 0.1) is 25.9 Å². The lowest BCUT2D eigenvalue weighted by molar-refractivity contribution is -0.134. The third kappa shape index (κ3) is 9.56. The number of carbonyl (C=O) groups excluding carboxylic acids is 4. The molecule has 11 heteroatoms. The van der Waals surface area contributed by atoms with Crippen LogP contribution in [0.4, 0.5) is 4.79 Å². The predicted octanol–water partition coefficient (Wildman–Crippen LogP) is 2.08. The lowest BCUT2D eigenvalue weighted by Crippen LogP contribution is -2.59. The first-order chi connectivity index (χ1) is 19.7. The van der Waals surface area contributed by atoms with Crippen molar-refractivity contribution in [1.82, 2.24) is 16.0 Å². The maximum Gasteiger partial charge on any atom is 0.408 e. The molecule has 0 aromatic heterocycles. The number of hydrogen-bond acceptors (Lipinski definition) is 8. The number of hydrogen-bond donors (Lipinski definition) is 4. The van der Waals surface area contributed by atoms with E-state index in [9.17, 15) is 24.3 Å². The maximum absolute atomic E-state index is 13.7. The van der Waals surface area contributed by atoms with E-state index in [1.54, 1.807) is 52.0 Å². The smallest absolute Gasteiger partial charge is 0.408 e. The second-order valence-electron chi connectivity index (χ2n) is 11.6. The van der Waals surface area contributed by atoms with Crippen LogP contribution in [0, 0.1) is 0 Å². The van der Waals surface area contributed by atoms with E-state index in [2.05, 4.69) is 16.0 Å². The standard InChI is InChI=1S/C31H41N3O8/c1-19(35)25(34-29(39)42-30(2,3)4)28(38)33-24(17-21-12-14-22(40-6)15-13-21)27(37)32-23(26(36)31(5)18-41-31)16-20-10-8-7-9-11-20/h7-15,19,23-25,35H,16-18H2,1-6H3,(H,32,37)(H,33,38)(H,34,39)/t19-,23-,24-,25-,31+/m0/s1. The van der Waals surface area contributed by atoms with E-state index in [1.807, 2.05) is 30.3 Å². The lowest BCUT2D eigenvalue weighted by Gasteiger charge is -2.28. The third-order valence-electron chi connectivity index (χ3n) is 6.68. The fourth-order valence-corrected chi connectivity index (χ4v) is 4.26. The SMILES string of the molecule is COc1ccc(C[C@H](NC(=O)[C@@H](NC(=O)OC(C)(C)C)[C@H](C)O)C(=O)N[C@@H](Cc2ccccc2)C(=O)[C@@]2(C)CO2)cc1. The van der Waals surface area contributed by atoms with Crippen LogP contribution in [-0.4, -0.2) is 77.9 Å². The zero-order valence-corrected chi connectivity index (χ0v) is 24.9. The summed E-state index contributed by atoms with van der Waals surface area (Å²) in [5.41, 5.74) is -0.279. The molecule has 228 valence electrons. The van der Waals surface area contributed by atoms with Crippen molar-refractivity contribution >= 4 is 23.7 Å². The first-order valence-electron chi connectivity index (χ1n) is 13.8. The Morgan fingerprint density at radius 2 is 1.45 bits per heavy atom. The molecule has 1 heterocycles. The average Bonchev–Trinajstić information content (AvgIpc) is 3.68. The number of aliphatic hydroxyl groups excluding tert-OH is 1. The fourth-order valence-electron chi connectivity index (χ4n) is 4.26. The Morgan fingerprint density at radius 3 is 1.98 bits per heavy atom. The van der Waals surface area contributed by atoms with E-state index in [1.165, 1.54) is 14.0 Å². The van der Waals surface area contributed by atoms with Crippen LogP contribution in [0.2, 0.25) is 0 Å². The van der Waals surface area contributed by atoms with Gasteiger partial charge < -0.3 is 35.3 Å². The summed E-state index contributed by atoms with van der Waals surface area (Å²) in [6.45, 7) is 8.26. The number of nitrogens with one attached hydrogen (secondary N) is 3. The summed E-state index contributed by atoms with van der Waals surface area (Å²) in [6.07, 6.45) is -1.92. The monoisotopic (exact) mass is 583 g/mol. The minimum Gasteiger partial charge on any atom is -0.497 e. The van der Waals surface area contributed by atoms with Gasteiger partial charge in [0.15, 0.2) is 5.78 Å². The van der Waals surface area contributed by atoms with Crippen LogP contribution in [0.15, 0.2) is 54.6 Å². The number of amides is 3. The Balaban J connectivity index is 1.85. The van der Waals surface area contributed by atoms with Crippen LogP contribution in [-0.2, 0) is 36.7 Å². The molecule has 0 saturated carbocycles. The molecule has 1 saturated heterocycles. The van der Waals surface area contributed by atoms with Crippen molar-refractivity contribution in [2.75, 3.05) is 13.7 Å². The van der Waals surface area contributed by atoms with Gasteiger partial charge in [-0.3, -0.25) is 14.4 Å². The van der Waals surface area contributed by atoms with Gasteiger partial charge in [0.1, 0.15) is 29.0 Å². The second kappa shape index (κ2) is 13.8. The van der Waals surface area contributed by atoms with Crippen molar-refractivity contribution in [3.05, 3.63) is 65.7 Å². The summed E-state index contributed by atoms with van der Waals surface area (Å²) in [5.74, 6) is -1.07. The molecule has 3 amide bonds. The van der Waals surface area contributed by atoms with E-state index >= 15 is 0 Å². The summed E-state index contributed by atoms with van der Waals surface area (Å²) in [6, 6.07) is 12.7. The van der Waals surface area contributed by atoms with E-state index in [4.69, 9.17) is 14.2 Å². The number of ketones is 1. The van der Waals surface area contributed by atoms with Gasteiger partial charge in [-0.15, -0.1) is 0 Å².